The van der Waals surface area contributed by atoms with Crippen molar-refractivity contribution in [2.24, 2.45) is 0 Å². The van der Waals surface area contributed by atoms with Crippen molar-refractivity contribution in [3.8, 4) is 0 Å². The monoisotopic (exact) mass is 267 g/mol. The largest absolute Gasteiger partial charge is 0.377 e. The van der Waals surface area contributed by atoms with Gasteiger partial charge in [0.15, 0.2) is 0 Å². The normalized spacial score (nSPS) is 19.4. The number of aromatic nitrogens is 2. The van der Waals surface area contributed by atoms with Crippen LogP contribution in [0.1, 0.15) is 18.9 Å². The van der Waals surface area contributed by atoms with E-state index in [1.54, 1.807) is 4.90 Å². The molecule has 1 fully saturated rings. The molecular formula is C12H17N3O4. The summed E-state index contributed by atoms with van der Waals surface area (Å²) in [5.74, 6) is -0.118. The lowest BCUT2D eigenvalue weighted by molar-refractivity contribution is -0.139. The minimum absolute atomic E-state index is 0.0113. The van der Waals surface area contributed by atoms with Gasteiger partial charge in [-0.05, 0) is 6.42 Å². The number of carbonyl (C=O) groups excluding carboxylic acids is 1. The number of morpholine rings is 1. The summed E-state index contributed by atoms with van der Waals surface area (Å²) in [6.45, 7) is 3.58. The lowest BCUT2D eigenvalue weighted by atomic mass is 10.1. The summed E-state index contributed by atoms with van der Waals surface area (Å²) in [4.78, 5) is 40.9. The van der Waals surface area contributed by atoms with Crippen LogP contribution >= 0.6 is 0 Å². The standard InChI is InChI=1S/C12H17N3O4/c1-2-9-7-19-4-3-15(9)10(16)5-8-6-13-12(18)14-11(8)17/h6,9H,2-5,7H2,1H3,(H2,13,14,17,18)/t9-/m0/s1. The average Bonchev–Trinajstić information content (AvgIpc) is 2.41. The molecule has 2 heterocycles. The van der Waals surface area contributed by atoms with E-state index in [1.807, 2.05) is 6.92 Å². The molecule has 0 unspecified atom stereocenters. The number of H-pyrrole nitrogens is 2. The molecule has 0 aliphatic carbocycles. The molecule has 1 aliphatic rings. The predicted molar refractivity (Wildman–Crippen MR) is 68.0 cm³/mol. The maximum atomic E-state index is 12.2. The first-order chi connectivity index (χ1) is 9.11. The molecule has 0 aromatic carbocycles. The van der Waals surface area contributed by atoms with E-state index in [0.717, 1.165) is 6.42 Å². The Morgan fingerprint density at radius 2 is 2.32 bits per heavy atom. The summed E-state index contributed by atoms with van der Waals surface area (Å²) in [5.41, 5.74) is -0.816. The average molecular weight is 267 g/mol. The number of rotatable bonds is 3. The zero-order valence-electron chi connectivity index (χ0n) is 10.8. The highest BCUT2D eigenvalue weighted by Gasteiger charge is 2.26. The van der Waals surface area contributed by atoms with E-state index in [9.17, 15) is 14.4 Å². The second-order valence-electron chi connectivity index (χ2n) is 4.50. The van der Waals surface area contributed by atoms with Gasteiger partial charge in [0.05, 0.1) is 25.7 Å². The second kappa shape index (κ2) is 5.83. The summed E-state index contributed by atoms with van der Waals surface area (Å²) in [6.07, 6.45) is 2.09. The SMILES string of the molecule is CC[C@H]1COCCN1C(=O)Cc1c[nH]c(=O)[nH]c1=O. The van der Waals surface area contributed by atoms with E-state index < -0.39 is 11.2 Å². The fraction of sp³-hybridized carbons (Fsp3) is 0.583. The summed E-state index contributed by atoms with van der Waals surface area (Å²) >= 11 is 0. The zero-order valence-corrected chi connectivity index (χ0v) is 10.8. The number of hydrogen-bond donors (Lipinski definition) is 2. The fourth-order valence-electron chi connectivity index (χ4n) is 2.15. The Labute approximate surface area is 109 Å². The number of ether oxygens (including phenoxy) is 1. The third-order valence-corrected chi connectivity index (χ3v) is 3.26. The van der Waals surface area contributed by atoms with E-state index in [-0.39, 0.29) is 23.9 Å². The maximum Gasteiger partial charge on any atom is 0.325 e. The molecule has 1 aliphatic heterocycles. The molecule has 0 spiro atoms. The van der Waals surface area contributed by atoms with Gasteiger partial charge in [-0.25, -0.2) is 4.79 Å². The van der Waals surface area contributed by atoms with Crippen LogP contribution in [0.15, 0.2) is 15.8 Å². The molecule has 7 heteroatoms. The molecule has 0 saturated carbocycles. The highest BCUT2D eigenvalue weighted by molar-refractivity contribution is 5.79. The van der Waals surface area contributed by atoms with E-state index in [0.29, 0.717) is 19.8 Å². The Morgan fingerprint density at radius 1 is 1.53 bits per heavy atom. The minimum atomic E-state index is -0.570. The van der Waals surface area contributed by atoms with Crippen LogP contribution in [0, 0.1) is 0 Å². The van der Waals surface area contributed by atoms with Crippen LogP contribution in [-0.2, 0) is 16.0 Å². The first kappa shape index (κ1) is 13.5. The van der Waals surface area contributed by atoms with Gasteiger partial charge in [0, 0.05) is 18.3 Å². The highest BCUT2D eigenvalue weighted by atomic mass is 16.5. The van der Waals surface area contributed by atoms with Crippen molar-refractivity contribution in [2.45, 2.75) is 25.8 Å². The van der Waals surface area contributed by atoms with Gasteiger partial charge < -0.3 is 14.6 Å². The lowest BCUT2D eigenvalue weighted by Gasteiger charge is -2.35. The molecule has 2 rings (SSSR count). The van der Waals surface area contributed by atoms with Gasteiger partial charge >= 0.3 is 5.69 Å². The second-order valence-corrected chi connectivity index (χ2v) is 4.50. The lowest BCUT2D eigenvalue weighted by Crippen LogP contribution is -2.49. The number of hydrogen-bond acceptors (Lipinski definition) is 4. The topological polar surface area (TPSA) is 95.3 Å². The molecular weight excluding hydrogens is 250 g/mol. The quantitative estimate of drug-likeness (QED) is 0.752. The molecule has 2 N–H and O–H groups in total. The number of amides is 1. The smallest absolute Gasteiger partial charge is 0.325 e. The van der Waals surface area contributed by atoms with E-state index >= 15 is 0 Å². The van der Waals surface area contributed by atoms with Gasteiger partial charge in [0.2, 0.25) is 5.91 Å². The number of nitrogens with one attached hydrogen (secondary N) is 2. The molecule has 7 nitrogen and oxygen atoms in total. The van der Waals surface area contributed by atoms with Crippen molar-refractivity contribution in [3.63, 3.8) is 0 Å². The first-order valence-electron chi connectivity index (χ1n) is 6.30. The van der Waals surface area contributed by atoms with Crippen LogP contribution in [0.2, 0.25) is 0 Å². The molecule has 1 amide bonds. The van der Waals surface area contributed by atoms with Crippen LogP contribution in [0.4, 0.5) is 0 Å². The molecule has 1 aromatic rings. The van der Waals surface area contributed by atoms with Gasteiger partial charge in [-0.1, -0.05) is 6.92 Å². The van der Waals surface area contributed by atoms with Gasteiger partial charge in [-0.15, -0.1) is 0 Å². The van der Waals surface area contributed by atoms with Crippen LogP contribution < -0.4 is 11.2 Å². The van der Waals surface area contributed by atoms with Crippen LogP contribution in [0.3, 0.4) is 0 Å². The zero-order chi connectivity index (χ0) is 13.8. The maximum absolute atomic E-state index is 12.2. The van der Waals surface area contributed by atoms with E-state index in [1.165, 1.54) is 6.20 Å². The van der Waals surface area contributed by atoms with E-state index in [2.05, 4.69) is 9.97 Å². The van der Waals surface area contributed by atoms with Gasteiger partial charge in [0.25, 0.3) is 5.56 Å². The van der Waals surface area contributed by atoms with Crippen molar-refractivity contribution in [1.82, 2.24) is 14.9 Å². The van der Waals surface area contributed by atoms with Gasteiger partial charge in [-0.3, -0.25) is 14.6 Å². The van der Waals surface area contributed by atoms with Crippen molar-refractivity contribution in [2.75, 3.05) is 19.8 Å². The van der Waals surface area contributed by atoms with Crippen LogP contribution in [-0.4, -0.2) is 46.6 Å². The first-order valence-corrected chi connectivity index (χ1v) is 6.30. The van der Waals surface area contributed by atoms with Crippen LogP contribution in [0.5, 0.6) is 0 Å². The van der Waals surface area contributed by atoms with Crippen molar-refractivity contribution in [1.29, 1.82) is 0 Å². The summed E-state index contributed by atoms with van der Waals surface area (Å²) < 4.78 is 5.33. The molecule has 0 radical (unpaired) electrons. The molecule has 104 valence electrons. The van der Waals surface area contributed by atoms with Crippen molar-refractivity contribution in [3.05, 3.63) is 32.6 Å². The molecule has 19 heavy (non-hydrogen) atoms. The van der Waals surface area contributed by atoms with Gasteiger partial charge in [0.1, 0.15) is 0 Å². The highest BCUT2D eigenvalue weighted by Crippen LogP contribution is 2.11. The summed E-state index contributed by atoms with van der Waals surface area (Å²) in [7, 11) is 0. The third-order valence-electron chi connectivity index (χ3n) is 3.26. The molecule has 1 aromatic heterocycles. The Balaban J connectivity index is 2.11. The fourth-order valence-corrected chi connectivity index (χ4v) is 2.15. The molecule has 0 bridgehead atoms. The number of aromatic amines is 2. The van der Waals surface area contributed by atoms with Crippen molar-refractivity contribution < 1.29 is 9.53 Å². The predicted octanol–water partition coefficient (Wildman–Crippen LogP) is -0.757. The Bertz CT molecular complexity index is 563. The third kappa shape index (κ3) is 3.11. The summed E-state index contributed by atoms with van der Waals surface area (Å²) in [6, 6.07) is 0.0584. The Hall–Kier alpha value is -1.89. The Kier molecular flexibility index (Phi) is 4.16. The van der Waals surface area contributed by atoms with Crippen molar-refractivity contribution >= 4 is 5.91 Å². The van der Waals surface area contributed by atoms with E-state index in [4.69, 9.17) is 4.74 Å². The molecule has 1 saturated heterocycles. The number of carbonyl (C=O) groups is 1. The Morgan fingerprint density at radius 3 is 3.00 bits per heavy atom. The van der Waals surface area contributed by atoms with Gasteiger partial charge in [-0.2, -0.15) is 0 Å². The number of nitrogens with zero attached hydrogens (tertiary/aromatic N) is 1. The summed E-state index contributed by atoms with van der Waals surface area (Å²) in [5, 5.41) is 0. The van der Waals surface area contributed by atoms with Crippen LogP contribution in [0.25, 0.3) is 0 Å². The minimum Gasteiger partial charge on any atom is -0.377 e. The molecule has 1 atom stereocenters.